The molecule has 0 spiro atoms. The smallest absolute Gasteiger partial charge is 0.244 e. The van der Waals surface area contributed by atoms with Crippen molar-refractivity contribution in [3.63, 3.8) is 0 Å². The van der Waals surface area contributed by atoms with Gasteiger partial charge < -0.3 is 4.74 Å². The summed E-state index contributed by atoms with van der Waals surface area (Å²) >= 11 is 6.59. The Morgan fingerprint density at radius 1 is 1.42 bits per heavy atom. The monoisotopic (exact) mass is 411 g/mol. The molecule has 1 atom stereocenters. The van der Waals surface area contributed by atoms with Crippen molar-refractivity contribution >= 4 is 41.9 Å². The lowest BCUT2D eigenvalue weighted by atomic mass is 10.2. The third kappa shape index (κ3) is 3.58. The fourth-order valence-electron chi connectivity index (χ4n) is 2.02. The van der Waals surface area contributed by atoms with Gasteiger partial charge in [0, 0.05) is 29.1 Å². The summed E-state index contributed by atoms with van der Waals surface area (Å²) < 4.78 is 33.2. The van der Waals surface area contributed by atoms with E-state index in [0.717, 1.165) is 23.9 Å². The van der Waals surface area contributed by atoms with Crippen LogP contribution < -0.4 is 0 Å². The number of likely N-dealkylation sites (N-methyl/N-ethyl adjacent to an activating group) is 1. The van der Waals surface area contributed by atoms with Crippen molar-refractivity contribution in [3.8, 4) is 0 Å². The van der Waals surface area contributed by atoms with Crippen LogP contribution in [0.15, 0.2) is 32.0 Å². The van der Waals surface area contributed by atoms with Crippen molar-refractivity contribution in [3.05, 3.63) is 27.1 Å². The van der Waals surface area contributed by atoms with Crippen LogP contribution in [0.1, 0.15) is 12.8 Å². The first-order valence-electron chi connectivity index (χ1n) is 5.94. The van der Waals surface area contributed by atoms with Crippen molar-refractivity contribution in [2.45, 2.75) is 23.8 Å². The van der Waals surface area contributed by atoms with Gasteiger partial charge in [0.15, 0.2) is 0 Å². The molecule has 0 saturated carbocycles. The Morgan fingerprint density at radius 2 is 2.16 bits per heavy atom. The molecule has 1 fully saturated rings. The molecule has 0 radical (unpaired) electrons. The highest BCUT2D eigenvalue weighted by atomic mass is 79.9. The number of halogens is 2. The van der Waals surface area contributed by atoms with Crippen LogP contribution in [0, 0.1) is 0 Å². The summed E-state index contributed by atoms with van der Waals surface area (Å²) in [7, 11) is -1.92. The van der Waals surface area contributed by atoms with E-state index in [-0.39, 0.29) is 11.0 Å². The molecule has 1 aliphatic heterocycles. The van der Waals surface area contributed by atoms with Crippen LogP contribution in [0.25, 0.3) is 0 Å². The van der Waals surface area contributed by atoms with Crippen molar-refractivity contribution in [2.75, 3.05) is 20.2 Å². The molecule has 106 valence electrons. The van der Waals surface area contributed by atoms with Crippen LogP contribution in [0.3, 0.4) is 0 Å². The lowest BCUT2D eigenvalue weighted by Gasteiger charge is -2.21. The SMILES string of the molecule is CN(CC1CCCO1)S(=O)(=O)c1cc(Br)ccc1Br. The van der Waals surface area contributed by atoms with Gasteiger partial charge in [-0.25, -0.2) is 8.42 Å². The maximum absolute atomic E-state index is 12.5. The molecule has 0 amide bonds. The van der Waals surface area contributed by atoms with Crippen LogP contribution >= 0.6 is 31.9 Å². The van der Waals surface area contributed by atoms with E-state index in [1.165, 1.54) is 4.31 Å². The molecule has 1 aromatic carbocycles. The van der Waals surface area contributed by atoms with E-state index in [2.05, 4.69) is 31.9 Å². The lowest BCUT2D eigenvalue weighted by Crippen LogP contribution is -2.34. The zero-order valence-corrected chi connectivity index (χ0v) is 14.5. The fraction of sp³-hybridized carbons (Fsp3) is 0.500. The molecule has 0 bridgehead atoms. The number of nitrogens with zero attached hydrogens (tertiary/aromatic N) is 1. The summed E-state index contributed by atoms with van der Waals surface area (Å²) in [5.74, 6) is 0. The summed E-state index contributed by atoms with van der Waals surface area (Å²) in [4.78, 5) is 0.266. The Balaban J connectivity index is 2.22. The molecular weight excluding hydrogens is 398 g/mol. The highest BCUT2D eigenvalue weighted by Gasteiger charge is 2.27. The van der Waals surface area contributed by atoms with Gasteiger partial charge in [0.05, 0.1) is 11.0 Å². The highest BCUT2D eigenvalue weighted by Crippen LogP contribution is 2.28. The second kappa shape index (κ2) is 6.22. The summed E-state index contributed by atoms with van der Waals surface area (Å²) in [5, 5.41) is 0. The molecule has 1 heterocycles. The number of benzene rings is 1. The second-order valence-corrected chi connectivity index (χ2v) is 8.28. The van der Waals surface area contributed by atoms with Gasteiger partial charge in [-0.15, -0.1) is 0 Å². The van der Waals surface area contributed by atoms with Gasteiger partial charge in [0.1, 0.15) is 0 Å². The zero-order chi connectivity index (χ0) is 14.0. The van der Waals surface area contributed by atoms with E-state index in [9.17, 15) is 8.42 Å². The minimum Gasteiger partial charge on any atom is -0.377 e. The van der Waals surface area contributed by atoms with E-state index in [0.29, 0.717) is 11.0 Å². The van der Waals surface area contributed by atoms with Crippen molar-refractivity contribution in [2.24, 2.45) is 0 Å². The van der Waals surface area contributed by atoms with E-state index in [1.54, 1.807) is 25.2 Å². The number of hydrogen-bond donors (Lipinski definition) is 0. The van der Waals surface area contributed by atoms with Crippen LogP contribution in [-0.2, 0) is 14.8 Å². The first-order valence-corrected chi connectivity index (χ1v) is 8.97. The average molecular weight is 413 g/mol. The second-order valence-electron chi connectivity index (χ2n) is 4.50. The Hall–Kier alpha value is 0.0500. The van der Waals surface area contributed by atoms with Gasteiger partial charge >= 0.3 is 0 Å². The van der Waals surface area contributed by atoms with E-state index < -0.39 is 10.0 Å². The van der Waals surface area contributed by atoms with E-state index in [4.69, 9.17) is 4.74 Å². The largest absolute Gasteiger partial charge is 0.377 e. The quantitative estimate of drug-likeness (QED) is 0.763. The molecule has 1 unspecified atom stereocenters. The fourth-order valence-corrected chi connectivity index (χ4v) is 4.68. The Bertz CT molecular complexity index is 556. The maximum atomic E-state index is 12.5. The van der Waals surface area contributed by atoms with Gasteiger partial charge in [-0.2, -0.15) is 4.31 Å². The summed E-state index contributed by atoms with van der Waals surface area (Å²) in [6, 6.07) is 5.12. The Labute approximate surface area is 130 Å². The van der Waals surface area contributed by atoms with Gasteiger partial charge in [0.25, 0.3) is 0 Å². The summed E-state index contributed by atoms with van der Waals surface area (Å²) in [6.45, 7) is 1.11. The molecule has 0 aliphatic carbocycles. The first kappa shape index (κ1) is 15.4. The molecule has 1 aromatic rings. The third-order valence-electron chi connectivity index (χ3n) is 3.07. The van der Waals surface area contributed by atoms with Gasteiger partial charge in [-0.3, -0.25) is 0 Å². The summed E-state index contributed by atoms with van der Waals surface area (Å²) in [5.41, 5.74) is 0. The minimum atomic E-state index is -3.50. The van der Waals surface area contributed by atoms with E-state index in [1.807, 2.05) is 0 Å². The predicted molar refractivity (Wildman–Crippen MR) is 80.6 cm³/mol. The predicted octanol–water partition coefficient (Wildman–Crippen LogP) is 3.01. The van der Waals surface area contributed by atoms with Crippen LogP contribution in [0.2, 0.25) is 0 Å². The molecule has 1 aliphatic rings. The van der Waals surface area contributed by atoms with Gasteiger partial charge in [-0.1, -0.05) is 15.9 Å². The Kier molecular flexibility index (Phi) is 5.05. The maximum Gasteiger partial charge on any atom is 0.244 e. The zero-order valence-electron chi connectivity index (χ0n) is 10.5. The molecule has 4 nitrogen and oxygen atoms in total. The lowest BCUT2D eigenvalue weighted by molar-refractivity contribution is 0.0979. The standard InChI is InChI=1S/C12H15Br2NO3S/c1-15(8-10-3-2-6-18-10)19(16,17)12-7-9(13)4-5-11(12)14/h4-5,7,10H,2-3,6,8H2,1H3. The molecule has 19 heavy (non-hydrogen) atoms. The van der Waals surface area contributed by atoms with E-state index >= 15 is 0 Å². The number of rotatable bonds is 4. The summed E-state index contributed by atoms with van der Waals surface area (Å²) in [6.07, 6.45) is 1.92. The molecule has 0 N–H and O–H groups in total. The first-order chi connectivity index (χ1) is 8.91. The highest BCUT2D eigenvalue weighted by molar-refractivity contribution is 9.11. The van der Waals surface area contributed by atoms with Gasteiger partial charge in [0.2, 0.25) is 10.0 Å². The molecule has 7 heteroatoms. The topological polar surface area (TPSA) is 46.6 Å². The number of ether oxygens (including phenoxy) is 1. The third-order valence-corrected chi connectivity index (χ3v) is 6.38. The molecule has 2 rings (SSSR count). The normalized spacial score (nSPS) is 20.1. The molecular formula is C12H15Br2NO3S. The minimum absolute atomic E-state index is 0.00528. The molecule has 1 saturated heterocycles. The van der Waals surface area contributed by atoms with Crippen molar-refractivity contribution in [1.82, 2.24) is 4.31 Å². The molecule has 0 aromatic heterocycles. The number of sulfonamides is 1. The number of hydrogen-bond acceptors (Lipinski definition) is 3. The van der Waals surface area contributed by atoms with Gasteiger partial charge in [-0.05, 0) is 47.0 Å². The van der Waals surface area contributed by atoms with Crippen molar-refractivity contribution in [1.29, 1.82) is 0 Å². The van der Waals surface area contributed by atoms with Crippen molar-refractivity contribution < 1.29 is 13.2 Å². The Morgan fingerprint density at radius 3 is 2.79 bits per heavy atom. The van der Waals surface area contributed by atoms with Crippen LogP contribution in [0.5, 0.6) is 0 Å². The van der Waals surface area contributed by atoms with Crippen LogP contribution in [0.4, 0.5) is 0 Å². The van der Waals surface area contributed by atoms with Crippen LogP contribution in [-0.4, -0.2) is 39.0 Å². The average Bonchev–Trinajstić information content (AvgIpc) is 2.85.